The van der Waals surface area contributed by atoms with E-state index in [1.807, 2.05) is 19.0 Å². The fourth-order valence-corrected chi connectivity index (χ4v) is 6.15. The van der Waals surface area contributed by atoms with Crippen LogP contribution < -0.4 is 5.73 Å². The second-order valence-corrected chi connectivity index (χ2v) is 10.6. The van der Waals surface area contributed by atoms with E-state index in [-0.39, 0.29) is 25.2 Å². The van der Waals surface area contributed by atoms with Crippen molar-refractivity contribution in [2.75, 3.05) is 33.9 Å². The molecular weight excluding hydrogens is 512 g/mol. The minimum Gasteiger partial charge on any atom is -0.507 e. The molecule has 4 rings (SSSR count). The van der Waals surface area contributed by atoms with Crippen molar-refractivity contribution in [2.45, 2.75) is 37.4 Å². The van der Waals surface area contributed by atoms with Gasteiger partial charge in [-0.2, -0.15) is 0 Å². The summed E-state index contributed by atoms with van der Waals surface area (Å²) in [5.41, 5.74) is 2.46. The second kappa shape index (κ2) is 10.6. The fraction of sp³-hybridized carbons (Fsp3) is 0.556. The summed E-state index contributed by atoms with van der Waals surface area (Å²) in [7, 11) is 3.70. The second-order valence-electron chi connectivity index (χ2n) is 10.6. The Bertz CT molecular complexity index is 1240. The van der Waals surface area contributed by atoms with E-state index in [9.17, 15) is 39.0 Å². The molecule has 0 radical (unpaired) electrons. The predicted octanol–water partition coefficient (Wildman–Crippen LogP) is -0.622. The highest BCUT2D eigenvalue weighted by Gasteiger charge is 2.71. The Hall–Kier alpha value is -3.48. The van der Waals surface area contributed by atoms with Crippen molar-refractivity contribution < 1.29 is 48.5 Å². The molecule has 39 heavy (non-hydrogen) atoms. The molecule has 0 saturated heterocycles. The minimum absolute atomic E-state index is 0.0524. The molecule has 1 aromatic carbocycles. The molecule has 0 heterocycles. The first-order chi connectivity index (χ1) is 18.4. The van der Waals surface area contributed by atoms with Crippen molar-refractivity contribution in [1.29, 1.82) is 0 Å². The number of benzene rings is 1. The third-order valence-electron chi connectivity index (χ3n) is 8.03. The molecular formula is C27H32N2O10. The van der Waals surface area contributed by atoms with Crippen molar-refractivity contribution in [1.82, 2.24) is 4.90 Å². The highest BCUT2D eigenvalue weighted by atomic mass is 16.5. The van der Waals surface area contributed by atoms with Crippen LogP contribution >= 0.6 is 0 Å². The van der Waals surface area contributed by atoms with E-state index < -0.39 is 88.5 Å². The van der Waals surface area contributed by atoms with E-state index >= 15 is 0 Å². The fourth-order valence-electron chi connectivity index (χ4n) is 6.15. The van der Waals surface area contributed by atoms with Crippen molar-refractivity contribution in [3.63, 3.8) is 0 Å². The first-order valence-electron chi connectivity index (χ1n) is 12.8. The van der Waals surface area contributed by atoms with E-state index in [1.165, 1.54) is 19.1 Å². The number of phenols is 1. The molecule has 3 aliphatic carbocycles. The predicted molar refractivity (Wildman–Crippen MR) is 132 cm³/mol. The standard InChI is InChI=1S/C27H32N2O10/c1-4-17(32)39-23-14-10-16(31)20(26(28)36)24(34)27(14,37)25(35)21-19(23)13(11-38-9-8-29(2)3)12-6-5-7-15(30)18(12)22(21)33/h5-7,13-14,19-21,23,30,37H,4,8-11H2,1-3H3,(H2,28,36)/t13-,14+,19+,20?,21?,23+,27+/m0/s1. The maximum absolute atomic E-state index is 14.0. The van der Waals surface area contributed by atoms with Gasteiger partial charge in [-0.15, -0.1) is 0 Å². The van der Waals surface area contributed by atoms with Crippen LogP contribution in [-0.4, -0.2) is 95.7 Å². The van der Waals surface area contributed by atoms with Gasteiger partial charge < -0.3 is 30.3 Å². The van der Waals surface area contributed by atoms with Gasteiger partial charge >= 0.3 is 5.97 Å². The average Bonchev–Trinajstić information content (AvgIpc) is 2.86. The molecule has 4 N–H and O–H groups in total. The maximum atomic E-state index is 14.0. The van der Waals surface area contributed by atoms with Crippen molar-refractivity contribution in [3.8, 4) is 5.75 Å². The van der Waals surface area contributed by atoms with Gasteiger partial charge in [-0.25, -0.2) is 0 Å². The number of carbonyl (C=O) groups excluding carboxylic acids is 6. The van der Waals surface area contributed by atoms with E-state index in [0.29, 0.717) is 12.1 Å². The smallest absolute Gasteiger partial charge is 0.305 e. The van der Waals surface area contributed by atoms with Crippen LogP contribution in [0.15, 0.2) is 18.2 Å². The van der Waals surface area contributed by atoms with Crippen molar-refractivity contribution in [2.24, 2.45) is 29.4 Å². The molecule has 0 spiro atoms. The van der Waals surface area contributed by atoms with Gasteiger partial charge in [0, 0.05) is 37.1 Å². The summed E-state index contributed by atoms with van der Waals surface area (Å²) < 4.78 is 11.6. The first-order valence-corrected chi connectivity index (χ1v) is 12.8. The minimum atomic E-state index is -2.98. The number of aromatic hydroxyl groups is 1. The molecule has 0 aromatic heterocycles. The lowest BCUT2D eigenvalue weighted by atomic mass is 9.50. The summed E-state index contributed by atoms with van der Waals surface area (Å²) >= 11 is 0. The quantitative estimate of drug-likeness (QED) is 0.215. The number of nitrogens with zero attached hydrogens (tertiary/aromatic N) is 1. The average molecular weight is 545 g/mol. The normalized spacial score (nSPS) is 31.9. The van der Waals surface area contributed by atoms with Gasteiger partial charge in [0.2, 0.25) is 5.91 Å². The van der Waals surface area contributed by atoms with Crippen molar-refractivity contribution in [3.05, 3.63) is 29.3 Å². The van der Waals surface area contributed by atoms with Crippen LogP contribution in [-0.2, 0) is 33.4 Å². The number of nitrogens with two attached hydrogens (primary N) is 1. The van der Waals surface area contributed by atoms with Gasteiger partial charge in [0.05, 0.1) is 24.7 Å². The number of hydrogen-bond acceptors (Lipinski definition) is 11. The van der Waals surface area contributed by atoms with Gasteiger partial charge in [0.15, 0.2) is 34.7 Å². The Labute approximate surface area is 224 Å². The number of phenolic OH excluding ortho intramolecular Hbond substituents is 1. The number of amides is 1. The molecule has 2 saturated carbocycles. The number of hydrogen-bond donors (Lipinski definition) is 3. The highest BCUT2D eigenvalue weighted by molar-refractivity contribution is 6.31. The molecule has 12 nitrogen and oxygen atoms in total. The van der Waals surface area contributed by atoms with E-state index in [0.717, 1.165) is 0 Å². The summed E-state index contributed by atoms with van der Waals surface area (Å²) in [4.78, 5) is 80.4. The molecule has 7 atom stereocenters. The molecule has 210 valence electrons. The Kier molecular flexibility index (Phi) is 7.75. The van der Waals surface area contributed by atoms with Gasteiger partial charge in [-0.3, -0.25) is 28.8 Å². The van der Waals surface area contributed by atoms with E-state index in [2.05, 4.69) is 0 Å². The number of Topliss-reactive ketones (excluding diaryl/α,β-unsaturated/α-hetero) is 4. The summed E-state index contributed by atoms with van der Waals surface area (Å²) in [6.07, 6.45) is -2.19. The number of primary amides is 1. The van der Waals surface area contributed by atoms with E-state index in [1.54, 1.807) is 6.07 Å². The third kappa shape index (κ3) is 4.56. The van der Waals surface area contributed by atoms with Crippen molar-refractivity contribution >= 4 is 35.0 Å². The molecule has 0 aliphatic heterocycles. The van der Waals surface area contributed by atoms with Gasteiger partial charge in [0.1, 0.15) is 11.9 Å². The van der Waals surface area contributed by atoms with Crippen LogP contribution in [0.4, 0.5) is 0 Å². The SMILES string of the molecule is CCC(=O)O[C@H]1[C@H]2C(C(=O)c3c(O)cccc3[C@@H]2COCCN(C)C)C(=O)[C@]2(O)C(=O)C(C(N)=O)C(=O)C[C@H]12. The van der Waals surface area contributed by atoms with Crippen LogP contribution in [0.5, 0.6) is 5.75 Å². The summed E-state index contributed by atoms with van der Waals surface area (Å²) in [5.74, 6) is -14.2. The molecule has 2 unspecified atom stereocenters. The number of esters is 1. The Morgan fingerprint density at radius 2 is 1.85 bits per heavy atom. The number of aliphatic hydroxyl groups is 1. The molecule has 12 heteroatoms. The number of ketones is 4. The Balaban J connectivity index is 1.90. The molecule has 0 bridgehead atoms. The zero-order chi connectivity index (χ0) is 28.8. The molecule has 3 aliphatic rings. The van der Waals surface area contributed by atoms with Gasteiger partial charge in [-0.05, 0) is 25.7 Å². The first kappa shape index (κ1) is 28.5. The number of fused-ring (bicyclic) bond motifs is 3. The molecule has 2 fully saturated rings. The lowest BCUT2D eigenvalue weighted by molar-refractivity contribution is -0.199. The van der Waals surface area contributed by atoms with Crippen LogP contribution in [0, 0.1) is 23.7 Å². The van der Waals surface area contributed by atoms with Crippen LogP contribution in [0.2, 0.25) is 0 Å². The highest BCUT2D eigenvalue weighted by Crippen LogP contribution is 2.55. The topological polar surface area (TPSA) is 191 Å². The van der Waals surface area contributed by atoms with Crippen LogP contribution in [0.3, 0.4) is 0 Å². The lowest BCUT2D eigenvalue weighted by Gasteiger charge is -2.54. The lowest BCUT2D eigenvalue weighted by Crippen LogP contribution is -2.73. The van der Waals surface area contributed by atoms with Gasteiger partial charge in [0.25, 0.3) is 0 Å². The number of carbonyl (C=O) groups is 6. The largest absolute Gasteiger partial charge is 0.507 e. The third-order valence-corrected chi connectivity index (χ3v) is 8.03. The van der Waals surface area contributed by atoms with Gasteiger partial charge in [-0.1, -0.05) is 19.1 Å². The van der Waals surface area contributed by atoms with E-state index in [4.69, 9.17) is 15.2 Å². The summed E-state index contributed by atoms with van der Waals surface area (Å²) in [6.45, 7) is 2.30. The maximum Gasteiger partial charge on any atom is 0.305 e. The summed E-state index contributed by atoms with van der Waals surface area (Å²) in [6, 6.07) is 4.38. The Morgan fingerprint density at radius 1 is 1.15 bits per heavy atom. The Morgan fingerprint density at radius 3 is 2.46 bits per heavy atom. The number of ether oxygens (including phenoxy) is 2. The molecule has 1 amide bonds. The number of likely N-dealkylation sites (N-methyl/N-ethyl adjacent to an activating group) is 1. The summed E-state index contributed by atoms with van der Waals surface area (Å²) in [5, 5.41) is 22.3. The zero-order valence-corrected chi connectivity index (χ0v) is 21.9. The van der Waals surface area contributed by atoms with Crippen LogP contribution in [0.1, 0.15) is 41.6 Å². The monoisotopic (exact) mass is 544 g/mol. The number of rotatable bonds is 8. The zero-order valence-electron chi connectivity index (χ0n) is 21.9. The van der Waals surface area contributed by atoms with Crippen LogP contribution in [0.25, 0.3) is 0 Å². The molecule has 1 aromatic rings.